The number of nitrogens with one attached hydrogen (secondary N) is 1. The van der Waals surface area contributed by atoms with E-state index in [1.165, 1.54) is 0 Å². The summed E-state index contributed by atoms with van der Waals surface area (Å²) in [7, 11) is 0. The topological polar surface area (TPSA) is 59.4 Å². The van der Waals surface area contributed by atoms with Crippen molar-refractivity contribution in [1.29, 1.82) is 0 Å². The number of likely N-dealkylation sites (tertiary alicyclic amines) is 1. The number of piperidine rings is 1. The number of hydrogen-bond donors (Lipinski definition) is 1. The first-order valence-electron chi connectivity index (χ1n) is 9.53. The summed E-state index contributed by atoms with van der Waals surface area (Å²) in [4.78, 5) is 18.8. The lowest BCUT2D eigenvalue weighted by molar-refractivity contribution is 0.178. The SMILES string of the molecule is C=CCOc1ccccc1NC(=O)N1CCC(CCn2ccnc2C)CC1. The third-order valence-corrected chi connectivity index (χ3v) is 5.09. The van der Waals surface area contributed by atoms with E-state index >= 15 is 0 Å². The number of nitrogens with zero attached hydrogens (tertiary/aromatic N) is 3. The van der Waals surface area contributed by atoms with Crippen molar-refractivity contribution >= 4 is 11.7 Å². The lowest BCUT2D eigenvalue weighted by Gasteiger charge is -2.32. The summed E-state index contributed by atoms with van der Waals surface area (Å²) in [5.74, 6) is 2.37. The average molecular weight is 368 g/mol. The van der Waals surface area contributed by atoms with Crippen molar-refractivity contribution in [3.63, 3.8) is 0 Å². The largest absolute Gasteiger partial charge is 0.487 e. The van der Waals surface area contributed by atoms with Gasteiger partial charge in [0.1, 0.15) is 18.2 Å². The molecule has 0 bridgehead atoms. The molecule has 6 nitrogen and oxygen atoms in total. The molecule has 0 unspecified atom stereocenters. The Morgan fingerprint density at radius 2 is 2.15 bits per heavy atom. The zero-order valence-corrected chi connectivity index (χ0v) is 15.9. The minimum absolute atomic E-state index is 0.0615. The Bertz CT molecular complexity index is 763. The van der Waals surface area contributed by atoms with E-state index in [2.05, 4.69) is 21.4 Å². The Kier molecular flexibility index (Phi) is 6.52. The molecule has 144 valence electrons. The van der Waals surface area contributed by atoms with Crippen molar-refractivity contribution in [3.05, 3.63) is 55.1 Å². The number of imidazole rings is 1. The lowest BCUT2D eigenvalue weighted by Crippen LogP contribution is -2.41. The quantitative estimate of drug-likeness (QED) is 0.749. The minimum Gasteiger partial charge on any atom is -0.487 e. The van der Waals surface area contributed by atoms with Gasteiger partial charge in [-0.2, -0.15) is 0 Å². The number of carbonyl (C=O) groups excluding carboxylic acids is 1. The van der Waals surface area contributed by atoms with Crippen LogP contribution < -0.4 is 10.1 Å². The molecule has 0 atom stereocenters. The van der Waals surface area contributed by atoms with Gasteiger partial charge in [-0.1, -0.05) is 24.8 Å². The number of anilines is 1. The van der Waals surface area contributed by atoms with E-state index in [4.69, 9.17) is 4.74 Å². The Balaban J connectivity index is 1.47. The number of urea groups is 1. The molecule has 2 heterocycles. The van der Waals surface area contributed by atoms with Crippen LogP contribution in [0.4, 0.5) is 10.5 Å². The first kappa shape index (κ1) is 19.0. The maximum atomic E-state index is 12.6. The van der Waals surface area contributed by atoms with E-state index in [1.807, 2.05) is 48.5 Å². The van der Waals surface area contributed by atoms with Gasteiger partial charge in [-0.25, -0.2) is 9.78 Å². The number of aromatic nitrogens is 2. The van der Waals surface area contributed by atoms with Crippen LogP contribution in [-0.4, -0.2) is 40.2 Å². The van der Waals surface area contributed by atoms with Crippen molar-refractivity contribution in [2.45, 2.75) is 32.7 Å². The number of benzene rings is 1. The van der Waals surface area contributed by atoms with Crippen LogP contribution in [0.2, 0.25) is 0 Å². The van der Waals surface area contributed by atoms with Gasteiger partial charge >= 0.3 is 6.03 Å². The van der Waals surface area contributed by atoms with Crippen molar-refractivity contribution in [2.24, 2.45) is 5.92 Å². The highest BCUT2D eigenvalue weighted by atomic mass is 16.5. The van der Waals surface area contributed by atoms with Crippen LogP contribution in [-0.2, 0) is 6.54 Å². The van der Waals surface area contributed by atoms with Crippen molar-refractivity contribution in [3.8, 4) is 5.75 Å². The van der Waals surface area contributed by atoms with Crippen LogP contribution in [0, 0.1) is 12.8 Å². The molecule has 1 aromatic heterocycles. The molecule has 6 heteroatoms. The molecule has 3 rings (SSSR count). The fourth-order valence-electron chi connectivity index (χ4n) is 3.43. The molecule has 1 saturated heterocycles. The number of aryl methyl sites for hydroxylation is 2. The molecular formula is C21H28N4O2. The second kappa shape index (κ2) is 9.26. The third kappa shape index (κ3) is 5.12. The van der Waals surface area contributed by atoms with Crippen LogP contribution >= 0.6 is 0 Å². The van der Waals surface area contributed by atoms with Gasteiger partial charge in [0.15, 0.2) is 0 Å². The molecular weight excluding hydrogens is 340 g/mol. The summed E-state index contributed by atoms with van der Waals surface area (Å²) >= 11 is 0. The molecule has 0 saturated carbocycles. The van der Waals surface area contributed by atoms with E-state index in [1.54, 1.807) is 6.08 Å². The highest BCUT2D eigenvalue weighted by Gasteiger charge is 2.23. The summed E-state index contributed by atoms with van der Waals surface area (Å²) in [5.41, 5.74) is 0.696. The zero-order chi connectivity index (χ0) is 19.1. The molecule has 1 N–H and O–H groups in total. The van der Waals surface area contributed by atoms with Gasteiger partial charge in [0, 0.05) is 32.0 Å². The average Bonchev–Trinajstić information content (AvgIpc) is 3.11. The monoisotopic (exact) mass is 368 g/mol. The number of rotatable bonds is 7. The van der Waals surface area contributed by atoms with E-state index < -0.39 is 0 Å². The van der Waals surface area contributed by atoms with Crippen LogP contribution in [0.15, 0.2) is 49.3 Å². The molecule has 27 heavy (non-hydrogen) atoms. The summed E-state index contributed by atoms with van der Waals surface area (Å²) in [6.45, 7) is 8.67. The summed E-state index contributed by atoms with van der Waals surface area (Å²) < 4.78 is 7.80. The molecule has 0 spiro atoms. The van der Waals surface area contributed by atoms with E-state index in [0.717, 1.165) is 44.7 Å². The molecule has 1 aliphatic rings. The fraction of sp³-hybridized carbons (Fsp3) is 0.429. The third-order valence-electron chi connectivity index (χ3n) is 5.09. The molecule has 1 fully saturated rings. The molecule has 2 aromatic rings. The van der Waals surface area contributed by atoms with Gasteiger partial charge in [0.25, 0.3) is 0 Å². The predicted octanol–water partition coefficient (Wildman–Crippen LogP) is 4.09. The molecule has 1 aromatic carbocycles. The van der Waals surface area contributed by atoms with Crippen LogP contribution in [0.3, 0.4) is 0 Å². The number of amides is 2. The molecule has 0 radical (unpaired) electrons. The Morgan fingerprint density at radius 1 is 1.37 bits per heavy atom. The van der Waals surface area contributed by atoms with Gasteiger partial charge in [-0.15, -0.1) is 0 Å². The molecule has 1 aliphatic heterocycles. The highest BCUT2D eigenvalue weighted by molar-refractivity contribution is 5.91. The second-order valence-electron chi connectivity index (χ2n) is 6.91. The van der Waals surface area contributed by atoms with Gasteiger partial charge in [-0.3, -0.25) is 0 Å². The lowest BCUT2D eigenvalue weighted by atomic mass is 9.93. The number of para-hydroxylation sites is 2. The Hall–Kier alpha value is -2.76. The van der Waals surface area contributed by atoms with Gasteiger partial charge < -0.3 is 19.5 Å². The van der Waals surface area contributed by atoms with Crippen LogP contribution in [0.25, 0.3) is 0 Å². The Labute approximate surface area is 160 Å². The smallest absolute Gasteiger partial charge is 0.321 e. The maximum absolute atomic E-state index is 12.6. The summed E-state index contributed by atoms with van der Waals surface area (Å²) in [5, 5.41) is 2.98. The highest BCUT2D eigenvalue weighted by Crippen LogP contribution is 2.26. The number of ether oxygens (including phenoxy) is 1. The van der Waals surface area contributed by atoms with Gasteiger partial charge in [0.2, 0.25) is 0 Å². The van der Waals surface area contributed by atoms with Crippen molar-refractivity contribution in [2.75, 3.05) is 25.0 Å². The van der Waals surface area contributed by atoms with Crippen LogP contribution in [0.5, 0.6) is 5.75 Å². The standard InChI is InChI=1S/C21H28N4O2/c1-3-16-27-20-7-5-4-6-19(20)23-21(26)25-13-9-18(10-14-25)8-12-24-15-11-22-17(24)2/h3-7,11,15,18H,1,8-10,12-14,16H2,2H3,(H,23,26). The Morgan fingerprint density at radius 3 is 2.85 bits per heavy atom. The number of hydrogen-bond acceptors (Lipinski definition) is 3. The normalized spacial score (nSPS) is 14.8. The fourth-order valence-corrected chi connectivity index (χ4v) is 3.43. The minimum atomic E-state index is -0.0615. The van der Waals surface area contributed by atoms with Crippen molar-refractivity contribution in [1.82, 2.24) is 14.5 Å². The first-order valence-corrected chi connectivity index (χ1v) is 9.53. The van der Waals surface area contributed by atoms with Crippen LogP contribution in [0.1, 0.15) is 25.1 Å². The van der Waals surface area contributed by atoms with Crippen molar-refractivity contribution < 1.29 is 9.53 Å². The van der Waals surface area contributed by atoms with Gasteiger partial charge in [0.05, 0.1) is 5.69 Å². The van der Waals surface area contributed by atoms with E-state index in [-0.39, 0.29) is 6.03 Å². The zero-order valence-electron chi connectivity index (χ0n) is 15.9. The summed E-state index contributed by atoms with van der Waals surface area (Å²) in [6.07, 6.45) is 8.77. The van der Waals surface area contributed by atoms with E-state index in [0.29, 0.717) is 24.0 Å². The van der Waals surface area contributed by atoms with E-state index in [9.17, 15) is 4.79 Å². The molecule has 2 amide bonds. The number of carbonyl (C=O) groups is 1. The summed E-state index contributed by atoms with van der Waals surface area (Å²) in [6, 6.07) is 7.43. The van der Waals surface area contributed by atoms with Gasteiger partial charge in [-0.05, 0) is 44.2 Å². The molecule has 0 aliphatic carbocycles. The maximum Gasteiger partial charge on any atom is 0.321 e. The predicted molar refractivity (Wildman–Crippen MR) is 107 cm³/mol. The second-order valence-corrected chi connectivity index (χ2v) is 6.91. The first-order chi connectivity index (χ1) is 13.2.